The molecule has 0 fully saturated rings. The summed E-state index contributed by atoms with van der Waals surface area (Å²) in [6.45, 7) is 3.42. The quantitative estimate of drug-likeness (QED) is 0.874. The Kier molecular flexibility index (Phi) is 4.38. The van der Waals surface area contributed by atoms with Crippen LogP contribution in [0.15, 0.2) is 42.5 Å². The van der Waals surface area contributed by atoms with Crippen LogP contribution in [0.25, 0.3) is 0 Å². The van der Waals surface area contributed by atoms with Crippen LogP contribution in [0, 0.1) is 6.92 Å². The second-order valence-corrected chi connectivity index (χ2v) is 4.77. The molecule has 0 atom stereocenters. The first-order valence-electron chi connectivity index (χ1n) is 6.58. The molecule has 2 aromatic carbocycles. The largest absolute Gasteiger partial charge is 0.496 e. The lowest BCUT2D eigenvalue weighted by Crippen LogP contribution is -2.12. The Morgan fingerprint density at radius 2 is 1.62 bits per heavy atom. The van der Waals surface area contributed by atoms with Crippen LogP contribution in [-0.2, 0) is 0 Å². The maximum absolute atomic E-state index is 12.2. The van der Waals surface area contributed by atoms with E-state index in [0.29, 0.717) is 22.6 Å². The zero-order valence-corrected chi connectivity index (χ0v) is 12.3. The highest BCUT2D eigenvalue weighted by Crippen LogP contribution is 2.20. The number of hydrogen-bond acceptors (Lipinski definition) is 3. The average molecular weight is 283 g/mol. The van der Waals surface area contributed by atoms with Gasteiger partial charge in [0.1, 0.15) is 5.75 Å². The summed E-state index contributed by atoms with van der Waals surface area (Å²) in [5.41, 5.74) is 2.75. The third-order valence-corrected chi connectivity index (χ3v) is 3.22. The van der Waals surface area contributed by atoms with Gasteiger partial charge in [0, 0.05) is 16.8 Å². The van der Waals surface area contributed by atoms with Crippen molar-refractivity contribution in [3.05, 3.63) is 59.2 Å². The minimum absolute atomic E-state index is 0.00357. The Morgan fingerprint density at radius 3 is 2.19 bits per heavy atom. The number of carbonyl (C=O) groups excluding carboxylic acids is 2. The molecule has 4 nitrogen and oxygen atoms in total. The Morgan fingerprint density at radius 1 is 1.00 bits per heavy atom. The molecule has 0 radical (unpaired) electrons. The number of hydrogen-bond donors (Lipinski definition) is 1. The van der Waals surface area contributed by atoms with E-state index in [-0.39, 0.29) is 11.7 Å². The lowest BCUT2D eigenvalue weighted by atomic mass is 10.1. The number of Topliss-reactive ketones (excluding diaryl/α,β-unsaturated/α-hetero) is 1. The molecular weight excluding hydrogens is 266 g/mol. The van der Waals surface area contributed by atoms with Crippen LogP contribution in [0.5, 0.6) is 5.75 Å². The van der Waals surface area contributed by atoms with Gasteiger partial charge in [0.15, 0.2) is 5.78 Å². The van der Waals surface area contributed by atoms with Crippen molar-refractivity contribution in [2.24, 2.45) is 0 Å². The van der Waals surface area contributed by atoms with E-state index in [9.17, 15) is 9.59 Å². The summed E-state index contributed by atoms with van der Waals surface area (Å²) in [7, 11) is 1.57. The fourth-order valence-electron chi connectivity index (χ4n) is 1.95. The van der Waals surface area contributed by atoms with Crippen molar-refractivity contribution in [3.8, 4) is 5.75 Å². The van der Waals surface area contributed by atoms with Crippen LogP contribution < -0.4 is 10.1 Å². The van der Waals surface area contributed by atoms with E-state index < -0.39 is 0 Å². The van der Waals surface area contributed by atoms with Gasteiger partial charge in [-0.2, -0.15) is 0 Å². The first-order chi connectivity index (χ1) is 10.0. The van der Waals surface area contributed by atoms with Gasteiger partial charge in [-0.1, -0.05) is 6.07 Å². The molecule has 0 aliphatic carbocycles. The molecule has 1 amide bonds. The topological polar surface area (TPSA) is 55.4 Å². The summed E-state index contributed by atoms with van der Waals surface area (Å²) in [6, 6.07) is 12.1. The van der Waals surface area contributed by atoms with Crippen molar-refractivity contribution in [2.45, 2.75) is 13.8 Å². The molecule has 4 heteroatoms. The number of ether oxygens (including phenoxy) is 1. The van der Waals surface area contributed by atoms with E-state index in [0.717, 1.165) is 5.56 Å². The number of carbonyl (C=O) groups is 2. The van der Waals surface area contributed by atoms with E-state index in [1.807, 2.05) is 13.0 Å². The second-order valence-electron chi connectivity index (χ2n) is 4.77. The molecule has 0 unspecified atom stereocenters. The molecule has 1 N–H and O–H groups in total. The zero-order valence-electron chi connectivity index (χ0n) is 12.3. The highest BCUT2D eigenvalue weighted by Gasteiger charge is 2.09. The molecule has 0 aliphatic heterocycles. The Labute approximate surface area is 123 Å². The minimum Gasteiger partial charge on any atom is -0.496 e. The van der Waals surface area contributed by atoms with Gasteiger partial charge < -0.3 is 10.1 Å². The molecular formula is C17H17NO3. The number of methoxy groups -OCH3 is 1. The standard InChI is InChI=1S/C17H17NO3/c1-11-4-5-14(10-16(11)21-3)17(20)18-15-8-6-13(7-9-15)12(2)19/h4-10H,1-3H3,(H,18,20). The molecule has 2 rings (SSSR count). The molecule has 0 saturated heterocycles. The Balaban J connectivity index is 2.15. The zero-order chi connectivity index (χ0) is 15.4. The van der Waals surface area contributed by atoms with E-state index in [1.165, 1.54) is 6.92 Å². The SMILES string of the molecule is COc1cc(C(=O)Nc2ccc(C(C)=O)cc2)ccc1C. The van der Waals surface area contributed by atoms with Crippen LogP contribution in [0.2, 0.25) is 0 Å². The lowest BCUT2D eigenvalue weighted by Gasteiger charge is -2.09. The number of rotatable bonds is 4. The molecule has 21 heavy (non-hydrogen) atoms. The average Bonchev–Trinajstić information content (AvgIpc) is 2.48. The van der Waals surface area contributed by atoms with Crippen molar-refractivity contribution in [3.63, 3.8) is 0 Å². The van der Waals surface area contributed by atoms with Crippen molar-refractivity contribution >= 4 is 17.4 Å². The van der Waals surface area contributed by atoms with E-state index in [1.54, 1.807) is 43.5 Å². The van der Waals surface area contributed by atoms with Gasteiger partial charge in [-0.05, 0) is 55.8 Å². The van der Waals surface area contributed by atoms with Gasteiger partial charge in [0.2, 0.25) is 0 Å². The predicted molar refractivity (Wildman–Crippen MR) is 82.1 cm³/mol. The summed E-state index contributed by atoms with van der Waals surface area (Å²) in [4.78, 5) is 23.4. The molecule has 108 valence electrons. The molecule has 0 spiro atoms. The number of aryl methyl sites for hydroxylation is 1. The first-order valence-corrected chi connectivity index (χ1v) is 6.58. The normalized spacial score (nSPS) is 10.0. The second kappa shape index (κ2) is 6.22. The lowest BCUT2D eigenvalue weighted by molar-refractivity contribution is 0.101. The Bertz CT molecular complexity index is 675. The van der Waals surface area contributed by atoms with Gasteiger partial charge in [-0.15, -0.1) is 0 Å². The van der Waals surface area contributed by atoms with E-state index in [4.69, 9.17) is 4.74 Å². The molecule has 0 heterocycles. The van der Waals surface area contributed by atoms with E-state index in [2.05, 4.69) is 5.32 Å². The van der Waals surface area contributed by atoms with Crippen LogP contribution in [0.1, 0.15) is 33.2 Å². The highest BCUT2D eigenvalue weighted by molar-refractivity contribution is 6.04. The fraction of sp³-hybridized carbons (Fsp3) is 0.176. The van der Waals surface area contributed by atoms with Crippen LogP contribution in [0.4, 0.5) is 5.69 Å². The monoisotopic (exact) mass is 283 g/mol. The maximum atomic E-state index is 12.2. The molecule has 2 aromatic rings. The Hall–Kier alpha value is -2.62. The van der Waals surface area contributed by atoms with Crippen LogP contribution >= 0.6 is 0 Å². The molecule has 0 aromatic heterocycles. The van der Waals surface area contributed by atoms with Crippen LogP contribution in [-0.4, -0.2) is 18.8 Å². The summed E-state index contributed by atoms with van der Waals surface area (Å²) in [5.74, 6) is 0.453. The van der Waals surface area contributed by atoms with Crippen LogP contribution in [0.3, 0.4) is 0 Å². The fourth-order valence-corrected chi connectivity index (χ4v) is 1.95. The van der Waals surface area contributed by atoms with Crippen molar-refractivity contribution in [1.82, 2.24) is 0 Å². The van der Waals surface area contributed by atoms with Gasteiger partial charge >= 0.3 is 0 Å². The highest BCUT2D eigenvalue weighted by atomic mass is 16.5. The van der Waals surface area contributed by atoms with Crippen molar-refractivity contribution < 1.29 is 14.3 Å². The smallest absolute Gasteiger partial charge is 0.255 e. The third kappa shape index (κ3) is 3.48. The van der Waals surface area contributed by atoms with Gasteiger partial charge in [0.25, 0.3) is 5.91 Å². The molecule has 0 bridgehead atoms. The number of anilines is 1. The third-order valence-electron chi connectivity index (χ3n) is 3.22. The number of benzene rings is 2. The minimum atomic E-state index is -0.219. The van der Waals surface area contributed by atoms with Gasteiger partial charge in [-0.25, -0.2) is 0 Å². The van der Waals surface area contributed by atoms with Crippen molar-refractivity contribution in [1.29, 1.82) is 0 Å². The van der Waals surface area contributed by atoms with Crippen molar-refractivity contribution in [2.75, 3.05) is 12.4 Å². The summed E-state index contributed by atoms with van der Waals surface area (Å²) < 4.78 is 5.21. The predicted octanol–water partition coefficient (Wildman–Crippen LogP) is 3.46. The molecule has 0 saturated carbocycles. The summed E-state index contributed by atoms with van der Waals surface area (Å²) in [5, 5.41) is 2.79. The van der Waals surface area contributed by atoms with Gasteiger partial charge in [0.05, 0.1) is 7.11 Å². The number of ketones is 1. The first kappa shape index (κ1) is 14.8. The van der Waals surface area contributed by atoms with E-state index >= 15 is 0 Å². The number of nitrogens with one attached hydrogen (secondary N) is 1. The molecule has 0 aliphatic rings. The number of amides is 1. The summed E-state index contributed by atoms with van der Waals surface area (Å²) >= 11 is 0. The maximum Gasteiger partial charge on any atom is 0.255 e. The summed E-state index contributed by atoms with van der Waals surface area (Å²) in [6.07, 6.45) is 0. The van der Waals surface area contributed by atoms with Gasteiger partial charge in [-0.3, -0.25) is 9.59 Å².